The van der Waals surface area contributed by atoms with Crippen LogP contribution in [0.25, 0.3) is 0 Å². The molecule has 1 N–H and O–H groups in total. The Labute approximate surface area is 210 Å². The highest BCUT2D eigenvalue weighted by Gasteiger charge is 2.50. The lowest BCUT2D eigenvalue weighted by atomic mass is 9.96. The van der Waals surface area contributed by atoms with E-state index in [1.165, 1.54) is 12.1 Å². The fourth-order valence-electron chi connectivity index (χ4n) is 4.66. The van der Waals surface area contributed by atoms with Gasteiger partial charge < -0.3 is 29.3 Å². The highest BCUT2D eigenvalue weighted by Crippen LogP contribution is 2.42. The first kappa shape index (κ1) is 27.3. The number of piperazine rings is 1. The van der Waals surface area contributed by atoms with Crippen LogP contribution in [0.1, 0.15) is 11.1 Å². The third-order valence-electron chi connectivity index (χ3n) is 6.46. The van der Waals surface area contributed by atoms with E-state index in [0.717, 1.165) is 12.0 Å². The number of halogens is 3. The number of hydrogen-bond acceptors (Lipinski definition) is 6. The number of nitrogens with one attached hydrogen (secondary N) is 1. The van der Waals surface area contributed by atoms with Gasteiger partial charge in [0.05, 0.1) is 39.1 Å². The first-order chi connectivity index (χ1) is 16.5. The average Bonchev–Trinajstić information content (AvgIpc) is 3.13. The van der Waals surface area contributed by atoms with Gasteiger partial charge in [0.25, 0.3) is 0 Å². The SMILES string of the molecule is CN1c2cc(F)c(F)cc2CC1(OCCOCCOCc1ccccc1)C1CN(C=O)CCN1.Cl. The maximum absolute atomic E-state index is 14.0. The van der Waals surface area contributed by atoms with E-state index in [1.54, 1.807) is 4.90 Å². The number of likely N-dealkylation sites (N-methyl/N-ethyl adjacent to an activating group) is 1. The molecule has 192 valence electrons. The van der Waals surface area contributed by atoms with Crippen molar-refractivity contribution in [3.8, 4) is 0 Å². The largest absolute Gasteiger partial charge is 0.377 e. The van der Waals surface area contributed by atoms with E-state index >= 15 is 0 Å². The van der Waals surface area contributed by atoms with Gasteiger partial charge in [-0.2, -0.15) is 0 Å². The number of rotatable bonds is 11. The number of nitrogens with zero attached hydrogens (tertiary/aromatic N) is 2. The van der Waals surface area contributed by atoms with Gasteiger partial charge in [0, 0.05) is 44.9 Å². The fourth-order valence-corrected chi connectivity index (χ4v) is 4.66. The van der Waals surface area contributed by atoms with Gasteiger partial charge in [0.1, 0.15) is 0 Å². The molecule has 2 aromatic carbocycles. The lowest BCUT2D eigenvalue weighted by molar-refractivity contribution is -0.124. The molecular formula is C25H32ClF2N3O4. The number of carbonyl (C=O) groups is 1. The van der Waals surface area contributed by atoms with Crippen molar-refractivity contribution in [2.45, 2.75) is 24.8 Å². The minimum atomic E-state index is -0.905. The number of ether oxygens (including phenoxy) is 3. The van der Waals surface area contributed by atoms with Crippen molar-refractivity contribution >= 4 is 24.5 Å². The minimum absolute atomic E-state index is 0. The number of hydrogen-bond donors (Lipinski definition) is 1. The molecule has 35 heavy (non-hydrogen) atoms. The Morgan fingerprint density at radius 1 is 1.09 bits per heavy atom. The minimum Gasteiger partial charge on any atom is -0.377 e. The van der Waals surface area contributed by atoms with Crippen molar-refractivity contribution in [1.29, 1.82) is 0 Å². The predicted molar refractivity (Wildman–Crippen MR) is 131 cm³/mol. The summed E-state index contributed by atoms with van der Waals surface area (Å²) in [6.07, 6.45) is 1.18. The van der Waals surface area contributed by atoms with Gasteiger partial charge >= 0.3 is 0 Å². The second-order valence-corrected chi connectivity index (χ2v) is 8.58. The van der Waals surface area contributed by atoms with Crippen LogP contribution in [0.15, 0.2) is 42.5 Å². The van der Waals surface area contributed by atoms with Crippen molar-refractivity contribution in [2.24, 2.45) is 0 Å². The lowest BCUT2D eigenvalue weighted by Gasteiger charge is -2.47. The quantitative estimate of drug-likeness (QED) is 0.370. The van der Waals surface area contributed by atoms with Gasteiger partial charge in [-0.05, 0) is 17.2 Å². The van der Waals surface area contributed by atoms with E-state index in [2.05, 4.69) is 5.32 Å². The molecule has 2 aliphatic rings. The molecule has 0 aromatic heterocycles. The molecule has 2 unspecified atom stereocenters. The van der Waals surface area contributed by atoms with Crippen molar-refractivity contribution in [3.05, 3.63) is 65.2 Å². The molecule has 1 amide bonds. The molecule has 2 atom stereocenters. The smallest absolute Gasteiger partial charge is 0.209 e. The summed E-state index contributed by atoms with van der Waals surface area (Å²) in [4.78, 5) is 14.9. The van der Waals surface area contributed by atoms with E-state index in [-0.39, 0.29) is 25.1 Å². The van der Waals surface area contributed by atoms with E-state index in [1.807, 2.05) is 42.3 Å². The average molecular weight is 512 g/mol. The molecule has 0 aliphatic carbocycles. The summed E-state index contributed by atoms with van der Waals surface area (Å²) < 4.78 is 45.6. The van der Waals surface area contributed by atoms with E-state index in [9.17, 15) is 13.6 Å². The Kier molecular flexibility index (Phi) is 9.82. The summed E-state index contributed by atoms with van der Waals surface area (Å²) in [5.74, 6) is -1.78. The van der Waals surface area contributed by atoms with E-state index < -0.39 is 17.4 Å². The standard InChI is InChI=1S/C25H31F2N3O4.ClH/c1-29-23-14-22(27)21(26)13-20(23)15-25(29,24-16-30(18-31)8-7-28-24)34-12-11-32-9-10-33-17-19-5-3-2-4-6-19;/h2-6,13-14,18,24,28H,7-12,15-17H2,1H3;1H. The van der Waals surface area contributed by atoms with Crippen LogP contribution in [0.3, 0.4) is 0 Å². The van der Waals surface area contributed by atoms with Gasteiger partial charge in [-0.15, -0.1) is 12.4 Å². The molecule has 2 heterocycles. The molecule has 0 spiro atoms. The maximum atomic E-state index is 14.0. The van der Waals surface area contributed by atoms with Gasteiger partial charge in [-0.1, -0.05) is 30.3 Å². The highest BCUT2D eigenvalue weighted by atomic mass is 35.5. The van der Waals surface area contributed by atoms with Gasteiger partial charge in [-0.3, -0.25) is 4.79 Å². The summed E-state index contributed by atoms with van der Waals surface area (Å²) in [6.45, 7) is 3.67. The molecule has 0 bridgehead atoms. The molecule has 2 aromatic rings. The molecule has 10 heteroatoms. The van der Waals surface area contributed by atoms with Crippen LogP contribution in [0.2, 0.25) is 0 Å². The fraction of sp³-hybridized carbons (Fsp3) is 0.480. The topological polar surface area (TPSA) is 63.3 Å². The number of amides is 1. The molecule has 1 saturated heterocycles. The summed E-state index contributed by atoms with van der Waals surface area (Å²) in [5.41, 5.74) is 1.45. The summed E-state index contributed by atoms with van der Waals surface area (Å²) in [6, 6.07) is 12.1. The second-order valence-electron chi connectivity index (χ2n) is 8.58. The third kappa shape index (κ3) is 6.29. The van der Waals surface area contributed by atoms with Crippen molar-refractivity contribution in [2.75, 3.05) is 58.0 Å². The van der Waals surface area contributed by atoms with Crippen LogP contribution < -0.4 is 10.2 Å². The van der Waals surface area contributed by atoms with Crippen LogP contribution in [0, 0.1) is 11.6 Å². The number of fused-ring (bicyclic) bond motifs is 1. The van der Waals surface area contributed by atoms with E-state index in [0.29, 0.717) is 63.7 Å². The maximum Gasteiger partial charge on any atom is 0.209 e. The number of benzene rings is 2. The monoisotopic (exact) mass is 511 g/mol. The molecular weight excluding hydrogens is 480 g/mol. The second kappa shape index (κ2) is 12.6. The zero-order valence-electron chi connectivity index (χ0n) is 19.8. The Balaban J connectivity index is 0.00000342. The van der Waals surface area contributed by atoms with Crippen molar-refractivity contribution < 1.29 is 27.8 Å². The van der Waals surface area contributed by atoms with Crippen LogP contribution in [-0.4, -0.2) is 76.2 Å². The summed E-state index contributed by atoms with van der Waals surface area (Å²) in [5, 5.41) is 3.43. The molecule has 0 radical (unpaired) electrons. The molecule has 0 saturated carbocycles. The van der Waals surface area contributed by atoms with Crippen LogP contribution in [0.5, 0.6) is 0 Å². The Hall–Kier alpha value is -2.30. The first-order valence-electron chi connectivity index (χ1n) is 11.5. The summed E-state index contributed by atoms with van der Waals surface area (Å²) >= 11 is 0. The molecule has 1 fully saturated rings. The molecule has 4 rings (SSSR count). The predicted octanol–water partition coefficient (Wildman–Crippen LogP) is 2.76. The van der Waals surface area contributed by atoms with Gasteiger partial charge in [0.15, 0.2) is 17.4 Å². The number of anilines is 1. The highest BCUT2D eigenvalue weighted by molar-refractivity contribution is 5.85. The number of carbonyl (C=O) groups excluding carboxylic acids is 1. The molecule has 2 aliphatic heterocycles. The van der Waals surface area contributed by atoms with Crippen LogP contribution in [0.4, 0.5) is 14.5 Å². The van der Waals surface area contributed by atoms with Gasteiger partial charge in [0.2, 0.25) is 6.41 Å². The summed E-state index contributed by atoms with van der Waals surface area (Å²) in [7, 11) is 1.81. The lowest BCUT2D eigenvalue weighted by Crippen LogP contribution is -2.67. The zero-order chi connectivity index (χ0) is 24.0. The molecule has 7 nitrogen and oxygen atoms in total. The van der Waals surface area contributed by atoms with Gasteiger partial charge in [-0.25, -0.2) is 8.78 Å². The zero-order valence-corrected chi connectivity index (χ0v) is 20.6. The third-order valence-corrected chi connectivity index (χ3v) is 6.46. The van der Waals surface area contributed by atoms with E-state index in [4.69, 9.17) is 14.2 Å². The Morgan fingerprint density at radius 2 is 1.80 bits per heavy atom. The normalized spacial score (nSPS) is 21.5. The van der Waals surface area contributed by atoms with Crippen molar-refractivity contribution in [1.82, 2.24) is 10.2 Å². The Morgan fingerprint density at radius 3 is 2.57 bits per heavy atom. The first-order valence-corrected chi connectivity index (χ1v) is 11.5. The van der Waals surface area contributed by atoms with Crippen molar-refractivity contribution in [3.63, 3.8) is 0 Å². The van der Waals surface area contributed by atoms with Crippen LogP contribution in [-0.2, 0) is 32.0 Å². The van der Waals surface area contributed by atoms with Crippen LogP contribution >= 0.6 is 12.4 Å². The Bertz CT molecular complexity index is 971.